The number of anilines is 3. The summed E-state index contributed by atoms with van der Waals surface area (Å²) in [6.07, 6.45) is 2.03. The standard InChI is InChI=1S/C25H25N5O3/c1-2-30(19-7-4-3-5-8-19)25-20-15-21(29-24(20)26-16-27-25)17-11-13-18(14-12-17)28-22(31)9-6-10-23(32)33/h3-5,7-8,11-16H,2,6,9-10H2,1H3,(H,28,31)(H,32,33)(H,26,27,29). The lowest BCUT2D eigenvalue weighted by atomic mass is 10.1. The van der Waals surface area contributed by atoms with E-state index < -0.39 is 5.97 Å². The first kappa shape index (κ1) is 22.0. The van der Waals surface area contributed by atoms with Gasteiger partial charge in [-0.3, -0.25) is 9.59 Å². The average molecular weight is 444 g/mol. The van der Waals surface area contributed by atoms with Crippen LogP contribution in [0.4, 0.5) is 17.2 Å². The lowest BCUT2D eigenvalue weighted by Gasteiger charge is -2.22. The summed E-state index contributed by atoms with van der Waals surface area (Å²) in [5.74, 6) is -0.263. The summed E-state index contributed by atoms with van der Waals surface area (Å²) in [5.41, 5.74) is 4.32. The molecule has 0 aliphatic carbocycles. The third kappa shape index (κ3) is 5.17. The van der Waals surface area contributed by atoms with Gasteiger partial charge in [0.05, 0.1) is 5.39 Å². The highest BCUT2D eigenvalue weighted by atomic mass is 16.4. The zero-order chi connectivity index (χ0) is 23.2. The molecule has 0 saturated heterocycles. The second-order valence-electron chi connectivity index (χ2n) is 7.60. The molecule has 8 heteroatoms. The summed E-state index contributed by atoms with van der Waals surface area (Å²) in [5, 5.41) is 12.4. The molecule has 8 nitrogen and oxygen atoms in total. The SMILES string of the molecule is CCN(c1ccccc1)c1ncnc2[nH]c(-c3ccc(NC(=O)CCCC(=O)O)cc3)cc12. The van der Waals surface area contributed by atoms with Crippen LogP contribution in [0.1, 0.15) is 26.2 Å². The minimum Gasteiger partial charge on any atom is -0.481 e. The number of carbonyl (C=O) groups is 2. The van der Waals surface area contributed by atoms with Gasteiger partial charge in [-0.05, 0) is 49.2 Å². The first-order chi connectivity index (χ1) is 16.0. The van der Waals surface area contributed by atoms with E-state index in [2.05, 4.69) is 44.2 Å². The van der Waals surface area contributed by atoms with Crippen molar-refractivity contribution < 1.29 is 14.7 Å². The number of para-hydroxylation sites is 1. The van der Waals surface area contributed by atoms with Gasteiger partial charge in [-0.25, -0.2) is 9.97 Å². The van der Waals surface area contributed by atoms with Gasteiger partial charge in [0.2, 0.25) is 5.91 Å². The minimum absolute atomic E-state index is 0.0165. The van der Waals surface area contributed by atoms with E-state index in [1.54, 1.807) is 6.33 Å². The van der Waals surface area contributed by atoms with Gasteiger partial charge in [-0.2, -0.15) is 0 Å². The van der Waals surface area contributed by atoms with Gasteiger partial charge in [-0.1, -0.05) is 30.3 Å². The number of carbonyl (C=O) groups excluding carboxylic acids is 1. The van der Waals surface area contributed by atoms with Crippen molar-refractivity contribution in [1.29, 1.82) is 0 Å². The molecule has 1 amide bonds. The van der Waals surface area contributed by atoms with Gasteiger partial charge in [0.15, 0.2) is 0 Å². The van der Waals surface area contributed by atoms with E-state index in [0.29, 0.717) is 12.1 Å². The van der Waals surface area contributed by atoms with Crippen LogP contribution in [0.5, 0.6) is 0 Å². The molecule has 4 rings (SSSR count). The van der Waals surface area contributed by atoms with Crippen LogP contribution in [-0.4, -0.2) is 38.5 Å². The number of aromatic nitrogens is 3. The van der Waals surface area contributed by atoms with E-state index in [1.807, 2.05) is 48.5 Å². The number of aliphatic carboxylic acids is 1. The maximum atomic E-state index is 12.0. The average Bonchev–Trinajstić information content (AvgIpc) is 3.26. The summed E-state index contributed by atoms with van der Waals surface area (Å²) < 4.78 is 0. The summed E-state index contributed by atoms with van der Waals surface area (Å²) in [4.78, 5) is 37.0. The molecule has 2 aromatic carbocycles. The molecule has 3 N–H and O–H groups in total. The number of nitrogens with one attached hydrogen (secondary N) is 2. The molecule has 4 aromatic rings. The van der Waals surface area contributed by atoms with Crippen molar-refractivity contribution in [3.63, 3.8) is 0 Å². The van der Waals surface area contributed by atoms with Crippen LogP contribution in [0.3, 0.4) is 0 Å². The normalized spacial score (nSPS) is 10.8. The number of hydrogen-bond donors (Lipinski definition) is 3. The number of amides is 1. The molecule has 0 aliphatic heterocycles. The van der Waals surface area contributed by atoms with Crippen molar-refractivity contribution in [3.8, 4) is 11.3 Å². The van der Waals surface area contributed by atoms with E-state index in [4.69, 9.17) is 5.11 Å². The predicted octanol–water partition coefficient (Wildman–Crippen LogP) is 4.98. The van der Waals surface area contributed by atoms with Gasteiger partial charge in [0.25, 0.3) is 0 Å². The molecule has 0 aliphatic rings. The number of carboxylic acid groups (broad SMARTS) is 1. The molecule has 0 spiro atoms. The minimum atomic E-state index is -0.899. The van der Waals surface area contributed by atoms with Crippen LogP contribution in [0.2, 0.25) is 0 Å². The lowest BCUT2D eigenvalue weighted by molar-refractivity contribution is -0.137. The van der Waals surface area contributed by atoms with Gasteiger partial charge in [-0.15, -0.1) is 0 Å². The van der Waals surface area contributed by atoms with Crippen LogP contribution in [0.25, 0.3) is 22.3 Å². The number of benzene rings is 2. The number of fused-ring (bicyclic) bond motifs is 1. The summed E-state index contributed by atoms with van der Waals surface area (Å²) in [6.45, 7) is 2.85. The van der Waals surface area contributed by atoms with Crippen molar-refractivity contribution in [1.82, 2.24) is 15.0 Å². The molecule has 0 unspecified atom stereocenters. The Morgan fingerprint density at radius 2 is 1.79 bits per heavy atom. The number of carboxylic acids is 1. The van der Waals surface area contributed by atoms with Crippen molar-refractivity contribution >= 4 is 40.1 Å². The first-order valence-electron chi connectivity index (χ1n) is 10.8. The van der Waals surface area contributed by atoms with Crippen molar-refractivity contribution in [2.75, 3.05) is 16.8 Å². The quantitative estimate of drug-likeness (QED) is 0.337. The Labute approximate surface area is 191 Å². The molecular formula is C25H25N5O3. The van der Waals surface area contributed by atoms with Crippen molar-refractivity contribution in [3.05, 3.63) is 67.0 Å². The van der Waals surface area contributed by atoms with Crippen LogP contribution in [0.15, 0.2) is 67.0 Å². The molecule has 168 valence electrons. The molecular weight excluding hydrogens is 418 g/mol. The Kier molecular flexibility index (Phi) is 6.64. The fourth-order valence-electron chi connectivity index (χ4n) is 3.72. The second kappa shape index (κ2) is 9.95. The number of nitrogens with zero attached hydrogens (tertiary/aromatic N) is 3. The summed E-state index contributed by atoms with van der Waals surface area (Å²) in [6, 6.07) is 19.6. The number of hydrogen-bond acceptors (Lipinski definition) is 5. The van der Waals surface area contributed by atoms with E-state index in [1.165, 1.54) is 0 Å². The molecule has 2 heterocycles. The van der Waals surface area contributed by atoms with Crippen LogP contribution in [-0.2, 0) is 9.59 Å². The van der Waals surface area contributed by atoms with E-state index in [9.17, 15) is 9.59 Å². The fraction of sp³-hybridized carbons (Fsp3) is 0.200. The highest BCUT2D eigenvalue weighted by molar-refractivity contribution is 5.94. The monoisotopic (exact) mass is 443 g/mol. The zero-order valence-electron chi connectivity index (χ0n) is 18.3. The lowest BCUT2D eigenvalue weighted by Crippen LogP contribution is -2.17. The first-order valence-corrected chi connectivity index (χ1v) is 10.8. The number of aromatic amines is 1. The highest BCUT2D eigenvalue weighted by Crippen LogP contribution is 2.32. The van der Waals surface area contributed by atoms with Gasteiger partial charge < -0.3 is 20.3 Å². The second-order valence-corrected chi connectivity index (χ2v) is 7.60. The van der Waals surface area contributed by atoms with E-state index in [-0.39, 0.29) is 18.7 Å². The van der Waals surface area contributed by atoms with E-state index in [0.717, 1.165) is 40.3 Å². The van der Waals surface area contributed by atoms with Crippen molar-refractivity contribution in [2.24, 2.45) is 0 Å². The Morgan fingerprint density at radius 1 is 1.03 bits per heavy atom. The molecule has 2 aromatic heterocycles. The number of rotatable bonds is 9. The van der Waals surface area contributed by atoms with E-state index >= 15 is 0 Å². The highest BCUT2D eigenvalue weighted by Gasteiger charge is 2.15. The van der Waals surface area contributed by atoms with Crippen molar-refractivity contribution in [2.45, 2.75) is 26.2 Å². The molecule has 0 saturated carbocycles. The van der Waals surface area contributed by atoms with Gasteiger partial charge in [0, 0.05) is 36.5 Å². The Morgan fingerprint density at radius 3 is 2.48 bits per heavy atom. The zero-order valence-corrected chi connectivity index (χ0v) is 18.3. The third-order valence-electron chi connectivity index (χ3n) is 5.32. The van der Waals surface area contributed by atoms with Crippen LogP contribution < -0.4 is 10.2 Å². The maximum absolute atomic E-state index is 12.0. The Balaban J connectivity index is 1.54. The Bertz CT molecular complexity index is 1250. The topological polar surface area (TPSA) is 111 Å². The summed E-state index contributed by atoms with van der Waals surface area (Å²) in [7, 11) is 0. The molecule has 33 heavy (non-hydrogen) atoms. The summed E-state index contributed by atoms with van der Waals surface area (Å²) >= 11 is 0. The maximum Gasteiger partial charge on any atom is 0.303 e. The largest absolute Gasteiger partial charge is 0.481 e. The third-order valence-corrected chi connectivity index (χ3v) is 5.32. The fourth-order valence-corrected chi connectivity index (χ4v) is 3.72. The predicted molar refractivity (Wildman–Crippen MR) is 129 cm³/mol. The van der Waals surface area contributed by atoms with Gasteiger partial charge in [0.1, 0.15) is 17.8 Å². The number of H-pyrrole nitrogens is 1. The smallest absolute Gasteiger partial charge is 0.303 e. The molecule has 0 bridgehead atoms. The Hall–Kier alpha value is -4.20. The molecule has 0 fully saturated rings. The molecule has 0 atom stereocenters. The molecule has 0 radical (unpaired) electrons. The van der Waals surface area contributed by atoms with Crippen LogP contribution in [0, 0.1) is 0 Å². The van der Waals surface area contributed by atoms with Gasteiger partial charge >= 0.3 is 5.97 Å². The van der Waals surface area contributed by atoms with Crippen LogP contribution >= 0.6 is 0 Å².